The Balaban J connectivity index is 1.63. The van der Waals surface area contributed by atoms with Crippen LogP contribution in [0.2, 0.25) is 0 Å². The highest BCUT2D eigenvalue weighted by Gasteiger charge is 2.10. The number of nitrogens with one attached hydrogen (secondary N) is 3. The molecule has 0 saturated heterocycles. The summed E-state index contributed by atoms with van der Waals surface area (Å²) in [6.07, 6.45) is 8.47. The van der Waals surface area contributed by atoms with Gasteiger partial charge in [0.15, 0.2) is 0 Å². The van der Waals surface area contributed by atoms with Crippen molar-refractivity contribution in [2.45, 2.75) is 20.4 Å². The maximum absolute atomic E-state index is 12.3. The van der Waals surface area contributed by atoms with Crippen LogP contribution in [0.4, 0.5) is 0 Å². The quantitative estimate of drug-likeness (QED) is 0.661. The first kappa shape index (κ1) is 20.1. The lowest BCUT2D eigenvalue weighted by atomic mass is 9.98. The average molecular weight is 388 g/mol. The van der Waals surface area contributed by atoms with Gasteiger partial charge in [-0.25, -0.2) is 0 Å². The molecule has 0 fully saturated rings. The van der Waals surface area contributed by atoms with Crippen LogP contribution in [0.25, 0.3) is 11.1 Å². The fraction of sp³-hybridized carbons (Fsp3) is 0.174. The van der Waals surface area contributed by atoms with Crippen molar-refractivity contribution in [2.75, 3.05) is 7.11 Å². The van der Waals surface area contributed by atoms with Crippen molar-refractivity contribution in [1.29, 1.82) is 5.41 Å². The molecule has 3 rings (SSSR count). The van der Waals surface area contributed by atoms with Gasteiger partial charge in [0.25, 0.3) is 5.91 Å². The number of aryl methyl sites for hydroxylation is 2. The summed E-state index contributed by atoms with van der Waals surface area (Å²) in [5.74, 6) is 0.218. The van der Waals surface area contributed by atoms with Gasteiger partial charge in [0.05, 0.1) is 7.11 Å². The summed E-state index contributed by atoms with van der Waals surface area (Å²) in [5.41, 5.74) is 5.83. The standard InChI is InChI=1S/C23H24N4O2/c1-15-10-17(4-5-21(15)18-6-8-25-16(2)11-18)14-27-23(28)22(24)13-19-12-20(29-3)7-9-26-19/h4-13,24,26H,14H2,1-3H3,(H,27,28)/b19-13-,24-22?. The second-order valence-corrected chi connectivity index (χ2v) is 6.76. The molecule has 3 N–H and O–H groups in total. The van der Waals surface area contributed by atoms with E-state index in [2.05, 4.69) is 27.8 Å². The van der Waals surface area contributed by atoms with Crippen molar-refractivity contribution in [3.63, 3.8) is 0 Å². The molecule has 2 heterocycles. The predicted molar refractivity (Wildman–Crippen MR) is 114 cm³/mol. The molecule has 6 nitrogen and oxygen atoms in total. The number of amides is 1. The Morgan fingerprint density at radius 1 is 1.28 bits per heavy atom. The Kier molecular flexibility index (Phi) is 6.24. The topological polar surface area (TPSA) is 87.1 Å². The van der Waals surface area contributed by atoms with Gasteiger partial charge in [0, 0.05) is 36.4 Å². The van der Waals surface area contributed by atoms with Gasteiger partial charge in [-0.15, -0.1) is 0 Å². The van der Waals surface area contributed by atoms with Crippen molar-refractivity contribution < 1.29 is 9.53 Å². The van der Waals surface area contributed by atoms with E-state index in [0.29, 0.717) is 18.0 Å². The molecule has 1 aromatic carbocycles. The summed E-state index contributed by atoms with van der Waals surface area (Å²) in [5, 5.41) is 13.8. The van der Waals surface area contributed by atoms with Crippen molar-refractivity contribution in [3.8, 4) is 11.1 Å². The number of hydrogen-bond donors (Lipinski definition) is 3. The Labute approximate surface area is 170 Å². The molecule has 0 spiro atoms. The lowest BCUT2D eigenvalue weighted by Gasteiger charge is -2.12. The average Bonchev–Trinajstić information content (AvgIpc) is 2.72. The third-order valence-corrected chi connectivity index (χ3v) is 4.53. The number of aromatic nitrogens is 1. The smallest absolute Gasteiger partial charge is 0.269 e. The highest BCUT2D eigenvalue weighted by atomic mass is 16.5. The van der Waals surface area contributed by atoms with Gasteiger partial charge < -0.3 is 15.4 Å². The summed E-state index contributed by atoms with van der Waals surface area (Å²) in [4.78, 5) is 16.5. The van der Waals surface area contributed by atoms with E-state index < -0.39 is 5.91 Å². The second-order valence-electron chi connectivity index (χ2n) is 6.76. The van der Waals surface area contributed by atoms with Gasteiger partial charge in [-0.3, -0.25) is 15.2 Å². The molecule has 1 aliphatic heterocycles. The molecule has 0 unspecified atom stereocenters. The second kappa shape index (κ2) is 9.01. The number of rotatable bonds is 6. The number of benzene rings is 1. The molecule has 1 aromatic heterocycles. The summed E-state index contributed by atoms with van der Waals surface area (Å²) in [6.45, 7) is 4.37. The number of hydrogen-bond acceptors (Lipinski definition) is 5. The third-order valence-electron chi connectivity index (χ3n) is 4.53. The van der Waals surface area contributed by atoms with Gasteiger partial charge in [-0.2, -0.15) is 0 Å². The molecular formula is C23H24N4O2. The van der Waals surface area contributed by atoms with Crippen LogP contribution < -0.4 is 10.6 Å². The molecule has 0 radical (unpaired) electrons. The fourth-order valence-electron chi connectivity index (χ4n) is 3.04. The molecule has 29 heavy (non-hydrogen) atoms. The van der Waals surface area contributed by atoms with Crippen molar-refractivity contribution >= 4 is 11.6 Å². The van der Waals surface area contributed by atoms with Crippen molar-refractivity contribution in [3.05, 3.63) is 89.2 Å². The van der Waals surface area contributed by atoms with Crippen LogP contribution in [-0.2, 0) is 16.1 Å². The van der Waals surface area contributed by atoms with Crippen molar-refractivity contribution in [1.82, 2.24) is 15.6 Å². The van der Waals surface area contributed by atoms with Crippen molar-refractivity contribution in [2.24, 2.45) is 0 Å². The van der Waals surface area contributed by atoms with Crippen LogP contribution >= 0.6 is 0 Å². The van der Waals surface area contributed by atoms with Crippen LogP contribution in [0, 0.1) is 19.3 Å². The largest absolute Gasteiger partial charge is 0.497 e. The minimum absolute atomic E-state index is 0.130. The number of methoxy groups -OCH3 is 1. The van der Waals surface area contributed by atoms with E-state index in [0.717, 1.165) is 27.9 Å². The predicted octanol–water partition coefficient (Wildman–Crippen LogP) is 3.53. The lowest BCUT2D eigenvalue weighted by Crippen LogP contribution is -2.29. The third kappa shape index (κ3) is 5.19. The van der Waals surface area contributed by atoms with Gasteiger partial charge in [-0.05, 0) is 60.4 Å². The van der Waals surface area contributed by atoms with Gasteiger partial charge >= 0.3 is 0 Å². The van der Waals surface area contributed by atoms with Crippen LogP contribution in [0.3, 0.4) is 0 Å². The molecule has 1 amide bonds. The van der Waals surface area contributed by atoms with Crippen LogP contribution in [-0.4, -0.2) is 23.7 Å². The van der Waals surface area contributed by atoms with E-state index in [4.69, 9.17) is 10.1 Å². The van der Waals surface area contributed by atoms with Gasteiger partial charge in [-0.1, -0.05) is 18.2 Å². The summed E-state index contributed by atoms with van der Waals surface area (Å²) in [6, 6.07) is 10.1. The molecule has 0 saturated carbocycles. The first-order valence-electron chi connectivity index (χ1n) is 9.26. The van der Waals surface area contributed by atoms with E-state index >= 15 is 0 Å². The zero-order valence-electron chi connectivity index (χ0n) is 16.7. The fourth-order valence-corrected chi connectivity index (χ4v) is 3.04. The molecular weight excluding hydrogens is 364 g/mol. The maximum Gasteiger partial charge on any atom is 0.269 e. The van der Waals surface area contributed by atoms with E-state index in [1.165, 1.54) is 6.08 Å². The van der Waals surface area contributed by atoms with Gasteiger partial charge in [0.1, 0.15) is 11.5 Å². The minimum atomic E-state index is -0.437. The monoisotopic (exact) mass is 388 g/mol. The Hall–Kier alpha value is -3.67. The zero-order valence-corrected chi connectivity index (χ0v) is 16.7. The number of carbonyl (C=O) groups excluding carboxylic acids is 1. The van der Waals surface area contributed by atoms with Crippen LogP contribution in [0.5, 0.6) is 0 Å². The number of ether oxygens (including phenoxy) is 1. The summed E-state index contributed by atoms with van der Waals surface area (Å²) >= 11 is 0. The van der Waals surface area contributed by atoms with Crippen LogP contribution in [0.15, 0.2) is 72.4 Å². The highest BCUT2D eigenvalue weighted by Crippen LogP contribution is 2.24. The number of carbonyl (C=O) groups is 1. The van der Waals surface area contributed by atoms with E-state index in [9.17, 15) is 4.79 Å². The van der Waals surface area contributed by atoms with E-state index in [1.807, 2.05) is 32.0 Å². The Morgan fingerprint density at radius 3 is 2.83 bits per heavy atom. The lowest BCUT2D eigenvalue weighted by molar-refractivity contribution is -0.114. The minimum Gasteiger partial charge on any atom is -0.497 e. The summed E-state index contributed by atoms with van der Waals surface area (Å²) in [7, 11) is 1.57. The molecule has 0 bridgehead atoms. The zero-order chi connectivity index (χ0) is 20.8. The molecule has 0 aliphatic carbocycles. The molecule has 1 aliphatic rings. The first-order chi connectivity index (χ1) is 14.0. The highest BCUT2D eigenvalue weighted by molar-refractivity contribution is 6.42. The molecule has 148 valence electrons. The van der Waals surface area contributed by atoms with Gasteiger partial charge in [0.2, 0.25) is 0 Å². The SMILES string of the molecule is COC1=C/C(=C/C(=N)C(=O)NCc2ccc(-c3ccnc(C)c3)c(C)c2)NC=C1. The number of nitrogens with zero attached hydrogens (tertiary/aromatic N) is 1. The maximum atomic E-state index is 12.3. The van der Waals surface area contributed by atoms with E-state index in [1.54, 1.807) is 31.7 Å². The molecule has 2 aromatic rings. The Bertz CT molecular complexity index is 1030. The summed E-state index contributed by atoms with van der Waals surface area (Å²) < 4.78 is 5.15. The number of allylic oxidation sites excluding steroid dienone is 2. The first-order valence-corrected chi connectivity index (χ1v) is 9.26. The normalized spacial score (nSPS) is 14.2. The van der Waals surface area contributed by atoms with Crippen LogP contribution in [0.1, 0.15) is 16.8 Å². The van der Waals surface area contributed by atoms with E-state index in [-0.39, 0.29) is 5.71 Å². The Morgan fingerprint density at radius 2 is 2.10 bits per heavy atom. The molecule has 6 heteroatoms. The number of dihydropyridines is 1. The molecule has 0 atom stereocenters. The number of pyridine rings is 1.